The van der Waals surface area contributed by atoms with E-state index in [0.717, 1.165) is 32.1 Å². The van der Waals surface area contributed by atoms with Crippen LogP contribution in [-0.4, -0.2) is 17.1 Å². The van der Waals surface area contributed by atoms with Gasteiger partial charge in [0.15, 0.2) is 0 Å². The van der Waals surface area contributed by atoms with Gasteiger partial charge in [-0.15, -0.1) is 6.58 Å². The first-order valence-corrected chi connectivity index (χ1v) is 4.75. The molecule has 3 nitrogen and oxygen atoms in total. The molecular weight excluding hydrogens is 166 g/mol. The van der Waals surface area contributed by atoms with Gasteiger partial charge in [0.25, 0.3) is 0 Å². The van der Waals surface area contributed by atoms with Crippen molar-refractivity contribution >= 4 is 5.91 Å². The number of amides is 1. The first kappa shape index (κ1) is 12.2. The average molecular weight is 185 g/mol. The third kappa shape index (κ3) is 9.08. The zero-order valence-electron chi connectivity index (χ0n) is 8.04. The van der Waals surface area contributed by atoms with E-state index in [1.54, 1.807) is 6.08 Å². The maximum atomic E-state index is 10.4. The largest absolute Gasteiger partial charge is 0.389 e. The van der Waals surface area contributed by atoms with Gasteiger partial charge in [0, 0.05) is 6.42 Å². The van der Waals surface area contributed by atoms with Crippen LogP contribution in [0.3, 0.4) is 0 Å². The van der Waals surface area contributed by atoms with Gasteiger partial charge in [-0.25, -0.2) is 0 Å². The van der Waals surface area contributed by atoms with E-state index in [0.29, 0.717) is 6.42 Å². The van der Waals surface area contributed by atoms with Gasteiger partial charge in [0.2, 0.25) is 5.91 Å². The maximum Gasteiger partial charge on any atom is 0.217 e. The van der Waals surface area contributed by atoms with Crippen LogP contribution in [-0.2, 0) is 4.79 Å². The van der Waals surface area contributed by atoms with Gasteiger partial charge in [0.05, 0.1) is 6.10 Å². The van der Waals surface area contributed by atoms with E-state index in [1.165, 1.54) is 0 Å². The fraction of sp³-hybridized carbons (Fsp3) is 0.700. The molecule has 3 N–H and O–H groups in total. The summed E-state index contributed by atoms with van der Waals surface area (Å²) in [4.78, 5) is 10.4. The molecule has 0 saturated heterocycles. The fourth-order valence-corrected chi connectivity index (χ4v) is 1.12. The van der Waals surface area contributed by atoms with Crippen molar-refractivity contribution in [3.05, 3.63) is 12.7 Å². The highest BCUT2D eigenvalue weighted by molar-refractivity contribution is 5.73. The Kier molecular flexibility index (Phi) is 7.30. The molecule has 1 amide bonds. The van der Waals surface area contributed by atoms with E-state index in [9.17, 15) is 4.79 Å². The Labute approximate surface area is 79.6 Å². The lowest BCUT2D eigenvalue weighted by Gasteiger charge is -2.03. The van der Waals surface area contributed by atoms with Crippen molar-refractivity contribution in [1.29, 1.82) is 0 Å². The summed E-state index contributed by atoms with van der Waals surface area (Å²) in [5.74, 6) is -0.230. The maximum absolute atomic E-state index is 10.4. The van der Waals surface area contributed by atoms with Crippen LogP contribution >= 0.6 is 0 Å². The SMILES string of the molecule is C=CC(O)CCCCCCC(N)=O. The third-order valence-corrected chi connectivity index (χ3v) is 1.95. The van der Waals surface area contributed by atoms with Crippen LogP contribution in [0.2, 0.25) is 0 Å². The van der Waals surface area contributed by atoms with Gasteiger partial charge in [-0.3, -0.25) is 4.79 Å². The number of carbonyl (C=O) groups excluding carboxylic acids is 1. The average Bonchev–Trinajstić information content (AvgIpc) is 2.10. The van der Waals surface area contributed by atoms with E-state index in [4.69, 9.17) is 10.8 Å². The first-order valence-electron chi connectivity index (χ1n) is 4.75. The van der Waals surface area contributed by atoms with Gasteiger partial charge in [-0.1, -0.05) is 25.3 Å². The molecule has 0 rings (SSSR count). The third-order valence-electron chi connectivity index (χ3n) is 1.95. The predicted molar refractivity (Wildman–Crippen MR) is 53.1 cm³/mol. The van der Waals surface area contributed by atoms with Crippen LogP contribution in [0.15, 0.2) is 12.7 Å². The molecule has 0 aliphatic rings. The Hall–Kier alpha value is -0.830. The van der Waals surface area contributed by atoms with E-state index in [2.05, 4.69) is 6.58 Å². The summed E-state index contributed by atoms with van der Waals surface area (Å²) >= 11 is 0. The highest BCUT2D eigenvalue weighted by atomic mass is 16.3. The molecule has 0 heterocycles. The monoisotopic (exact) mass is 185 g/mol. The topological polar surface area (TPSA) is 63.3 Å². The number of rotatable bonds is 8. The highest BCUT2D eigenvalue weighted by Crippen LogP contribution is 2.07. The summed E-state index contributed by atoms with van der Waals surface area (Å²) in [6.45, 7) is 3.49. The lowest BCUT2D eigenvalue weighted by Crippen LogP contribution is -2.09. The minimum Gasteiger partial charge on any atom is -0.389 e. The molecule has 3 heteroatoms. The van der Waals surface area contributed by atoms with E-state index in [-0.39, 0.29) is 12.0 Å². The number of hydrogen-bond acceptors (Lipinski definition) is 2. The van der Waals surface area contributed by atoms with Gasteiger partial charge in [-0.2, -0.15) is 0 Å². The molecule has 0 radical (unpaired) electrons. The van der Waals surface area contributed by atoms with Crippen LogP contribution in [0.5, 0.6) is 0 Å². The molecule has 13 heavy (non-hydrogen) atoms. The summed E-state index contributed by atoms with van der Waals surface area (Å²) < 4.78 is 0. The molecule has 0 aromatic heterocycles. The zero-order valence-corrected chi connectivity index (χ0v) is 8.04. The van der Waals surface area contributed by atoms with E-state index < -0.39 is 0 Å². The van der Waals surface area contributed by atoms with Crippen LogP contribution in [0.4, 0.5) is 0 Å². The first-order chi connectivity index (χ1) is 6.16. The summed E-state index contributed by atoms with van der Waals surface area (Å²) in [6, 6.07) is 0. The molecule has 0 fully saturated rings. The summed E-state index contributed by atoms with van der Waals surface area (Å²) in [5.41, 5.74) is 4.98. The van der Waals surface area contributed by atoms with Crippen LogP contribution in [0, 0.1) is 0 Å². The highest BCUT2D eigenvalue weighted by Gasteiger charge is 1.98. The summed E-state index contributed by atoms with van der Waals surface area (Å²) in [6.07, 6.45) is 6.29. The number of unbranched alkanes of at least 4 members (excludes halogenated alkanes) is 3. The molecular formula is C10H19NO2. The number of aliphatic hydroxyl groups is 1. The molecule has 1 unspecified atom stereocenters. The van der Waals surface area contributed by atoms with Crippen molar-refractivity contribution in [2.45, 2.75) is 44.6 Å². The zero-order chi connectivity index (χ0) is 10.1. The number of nitrogens with two attached hydrogens (primary N) is 1. The van der Waals surface area contributed by atoms with Crippen molar-refractivity contribution in [1.82, 2.24) is 0 Å². The Morgan fingerprint density at radius 1 is 1.38 bits per heavy atom. The van der Waals surface area contributed by atoms with Crippen molar-refractivity contribution in [2.24, 2.45) is 5.73 Å². The Bertz CT molecular complexity index is 157. The molecule has 0 spiro atoms. The van der Waals surface area contributed by atoms with Crippen LogP contribution in [0.25, 0.3) is 0 Å². The minimum absolute atomic E-state index is 0.230. The number of aliphatic hydroxyl groups excluding tert-OH is 1. The Balaban J connectivity index is 3.08. The summed E-state index contributed by atoms with van der Waals surface area (Å²) in [5, 5.41) is 9.11. The second-order valence-corrected chi connectivity index (χ2v) is 3.22. The Morgan fingerprint density at radius 3 is 2.54 bits per heavy atom. The molecule has 0 bridgehead atoms. The molecule has 0 aromatic carbocycles. The molecule has 0 saturated carbocycles. The van der Waals surface area contributed by atoms with Gasteiger partial charge in [0.1, 0.15) is 0 Å². The van der Waals surface area contributed by atoms with Crippen LogP contribution in [0.1, 0.15) is 38.5 Å². The van der Waals surface area contributed by atoms with Crippen LogP contribution < -0.4 is 5.73 Å². The standard InChI is InChI=1S/C10H19NO2/c1-2-9(12)7-5-3-4-6-8-10(11)13/h2,9,12H,1,3-8H2,(H2,11,13). The number of hydrogen-bond donors (Lipinski definition) is 2. The molecule has 1 atom stereocenters. The molecule has 0 aliphatic heterocycles. The van der Waals surface area contributed by atoms with Crippen molar-refractivity contribution in [3.8, 4) is 0 Å². The quantitative estimate of drug-likeness (QED) is 0.443. The molecule has 0 aromatic rings. The number of primary amides is 1. The normalized spacial score (nSPS) is 12.4. The van der Waals surface area contributed by atoms with Gasteiger partial charge < -0.3 is 10.8 Å². The lowest BCUT2D eigenvalue weighted by molar-refractivity contribution is -0.118. The van der Waals surface area contributed by atoms with Crippen molar-refractivity contribution in [2.75, 3.05) is 0 Å². The molecule has 0 aliphatic carbocycles. The number of carbonyl (C=O) groups is 1. The second-order valence-electron chi connectivity index (χ2n) is 3.22. The van der Waals surface area contributed by atoms with Gasteiger partial charge >= 0.3 is 0 Å². The van der Waals surface area contributed by atoms with Crippen molar-refractivity contribution in [3.63, 3.8) is 0 Å². The van der Waals surface area contributed by atoms with Gasteiger partial charge in [-0.05, 0) is 12.8 Å². The second kappa shape index (κ2) is 7.80. The lowest BCUT2D eigenvalue weighted by atomic mass is 10.1. The Morgan fingerprint density at radius 2 is 2.00 bits per heavy atom. The molecule has 76 valence electrons. The smallest absolute Gasteiger partial charge is 0.217 e. The van der Waals surface area contributed by atoms with E-state index >= 15 is 0 Å². The fourth-order valence-electron chi connectivity index (χ4n) is 1.12. The van der Waals surface area contributed by atoms with E-state index in [1.807, 2.05) is 0 Å². The summed E-state index contributed by atoms with van der Waals surface area (Å²) in [7, 11) is 0. The van der Waals surface area contributed by atoms with Crippen molar-refractivity contribution < 1.29 is 9.90 Å². The predicted octanol–water partition coefficient (Wildman–Crippen LogP) is 1.36. The minimum atomic E-state index is -0.379.